The SMILES string of the molecule is CC(C)(C)OC(=O)Cn1c(NCc2ccccc2)nc2ccccc21. The molecular formula is C20H23N3O2. The number of esters is 1. The molecule has 5 nitrogen and oxygen atoms in total. The van der Waals surface area contributed by atoms with Crippen LogP contribution in [0.1, 0.15) is 26.3 Å². The van der Waals surface area contributed by atoms with Gasteiger partial charge in [0.1, 0.15) is 12.1 Å². The van der Waals surface area contributed by atoms with Gasteiger partial charge < -0.3 is 10.1 Å². The Morgan fingerprint density at radius 1 is 1.08 bits per heavy atom. The van der Waals surface area contributed by atoms with E-state index in [1.54, 1.807) is 0 Å². The summed E-state index contributed by atoms with van der Waals surface area (Å²) in [6.45, 7) is 6.36. The quantitative estimate of drug-likeness (QED) is 0.715. The third kappa shape index (κ3) is 4.38. The number of hydrogen-bond donors (Lipinski definition) is 1. The van der Waals surface area contributed by atoms with Crippen LogP contribution in [0.3, 0.4) is 0 Å². The number of fused-ring (bicyclic) bond motifs is 1. The van der Waals surface area contributed by atoms with Crippen LogP contribution in [0, 0.1) is 0 Å². The second kappa shape index (κ2) is 6.97. The Bertz CT molecular complexity index is 864. The van der Waals surface area contributed by atoms with E-state index in [4.69, 9.17) is 4.74 Å². The van der Waals surface area contributed by atoms with Crippen molar-refractivity contribution in [2.45, 2.75) is 39.5 Å². The summed E-state index contributed by atoms with van der Waals surface area (Å²) in [5, 5.41) is 3.33. The van der Waals surface area contributed by atoms with Crippen molar-refractivity contribution >= 4 is 23.0 Å². The molecule has 1 aromatic heterocycles. The number of para-hydroxylation sites is 2. The van der Waals surface area contributed by atoms with Crippen molar-refractivity contribution in [2.24, 2.45) is 0 Å². The molecule has 0 radical (unpaired) electrons. The first-order chi connectivity index (χ1) is 11.9. The topological polar surface area (TPSA) is 56.1 Å². The highest BCUT2D eigenvalue weighted by atomic mass is 16.6. The van der Waals surface area contributed by atoms with Gasteiger partial charge in [-0.25, -0.2) is 4.98 Å². The van der Waals surface area contributed by atoms with Crippen molar-refractivity contribution in [3.63, 3.8) is 0 Å². The molecule has 0 aliphatic carbocycles. The molecule has 0 atom stereocenters. The molecular weight excluding hydrogens is 314 g/mol. The predicted molar refractivity (Wildman–Crippen MR) is 99.3 cm³/mol. The van der Waals surface area contributed by atoms with Gasteiger partial charge in [0.25, 0.3) is 0 Å². The summed E-state index contributed by atoms with van der Waals surface area (Å²) in [6, 6.07) is 17.9. The maximum atomic E-state index is 12.3. The molecule has 3 rings (SSSR count). The second-order valence-corrected chi connectivity index (χ2v) is 6.94. The summed E-state index contributed by atoms with van der Waals surface area (Å²) >= 11 is 0. The van der Waals surface area contributed by atoms with Crippen molar-refractivity contribution in [3.8, 4) is 0 Å². The molecule has 2 aromatic carbocycles. The summed E-state index contributed by atoms with van der Waals surface area (Å²) in [7, 11) is 0. The van der Waals surface area contributed by atoms with Gasteiger partial charge >= 0.3 is 5.97 Å². The Morgan fingerprint density at radius 2 is 1.76 bits per heavy atom. The van der Waals surface area contributed by atoms with Gasteiger partial charge in [0, 0.05) is 6.54 Å². The van der Waals surface area contributed by atoms with E-state index in [9.17, 15) is 4.79 Å². The fraction of sp³-hybridized carbons (Fsp3) is 0.300. The largest absolute Gasteiger partial charge is 0.459 e. The highest BCUT2D eigenvalue weighted by Crippen LogP contribution is 2.21. The monoisotopic (exact) mass is 337 g/mol. The Balaban J connectivity index is 1.85. The van der Waals surface area contributed by atoms with Crippen LogP contribution in [0.2, 0.25) is 0 Å². The fourth-order valence-corrected chi connectivity index (χ4v) is 2.65. The molecule has 0 saturated carbocycles. The average molecular weight is 337 g/mol. The van der Waals surface area contributed by atoms with E-state index in [0.29, 0.717) is 12.5 Å². The zero-order chi connectivity index (χ0) is 17.9. The first kappa shape index (κ1) is 17.0. The van der Waals surface area contributed by atoms with Crippen molar-refractivity contribution in [1.29, 1.82) is 0 Å². The van der Waals surface area contributed by atoms with Gasteiger partial charge in [-0.05, 0) is 38.5 Å². The van der Waals surface area contributed by atoms with Gasteiger partial charge in [0.2, 0.25) is 5.95 Å². The number of benzene rings is 2. The Kier molecular flexibility index (Phi) is 4.74. The van der Waals surface area contributed by atoms with E-state index in [1.165, 1.54) is 0 Å². The van der Waals surface area contributed by atoms with Crippen LogP contribution < -0.4 is 5.32 Å². The lowest BCUT2D eigenvalue weighted by Crippen LogP contribution is -2.27. The second-order valence-electron chi connectivity index (χ2n) is 6.94. The number of ether oxygens (including phenoxy) is 1. The normalized spacial score (nSPS) is 11.5. The summed E-state index contributed by atoms with van der Waals surface area (Å²) in [5.74, 6) is 0.384. The smallest absolute Gasteiger partial charge is 0.326 e. The van der Waals surface area contributed by atoms with Gasteiger partial charge in [0.15, 0.2) is 0 Å². The predicted octanol–water partition coefficient (Wildman–Crippen LogP) is 3.99. The number of carbonyl (C=O) groups excluding carboxylic acids is 1. The number of imidazole rings is 1. The molecule has 130 valence electrons. The number of hydrogen-bond acceptors (Lipinski definition) is 4. The molecule has 1 heterocycles. The standard InChI is InChI=1S/C20H23N3O2/c1-20(2,3)25-18(24)14-23-17-12-8-7-11-16(17)22-19(23)21-13-15-9-5-4-6-10-15/h4-12H,13-14H2,1-3H3,(H,21,22). The first-order valence-electron chi connectivity index (χ1n) is 8.37. The van der Waals surface area contributed by atoms with Crippen LogP contribution >= 0.6 is 0 Å². The molecule has 0 fully saturated rings. The van der Waals surface area contributed by atoms with Crippen LogP contribution in [0.5, 0.6) is 0 Å². The van der Waals surface area contributed by atoms with Crippen LogP contribution in [0.25, 0.3) is 11.0 Å². The molecule has 5 heteroatoms. The molecule has 1 N–H and O–H groups in total. The Morgan fingerprint density at radius 3 is 2.48 bits per heavy atom. The van der Waals surface area contributed by atoms with Gasteiger partial charge in [-0.15, -0.1) is 0 Å². The summed E-state index contributed by atoms with van der Waals surface area (Å²) < 4.78 is 7.33. The first-order valence-corrected chi connectivity index (χ1v) is 8.37. The number of anilines is 1. The molecule has 25 heavy (non-hydrogen) atoms. The summed E-state index contributed by atoms with van der Waals surface area (Å²) in [6.07, 6.45) is 0. The molecule has 0 saturated heterocycles. The molecule has 0 unspecified atom stereocenters. The molecule has 3 aromatic rings. The number of nitrogens with zero attached hydrogens (tertiary/aromatic N) is 2. The minimum Gasteiger partial charge on any atom is -0.459 e. The van der Waals surface area contributed by atoms with Crippen LogP contribution in [0.4, 0.5) is 5.95 Å². The number of aromatic nitrogens is 2. The number of nitrogens with one attached hydrogen (secondary N) is 1. The minimum atomic E-state index is -0.509. The minimum absolute atomic E-state index is 0.120. The molecule has 0 bridgehead atoms. The van der Waals surface area contributed by atoms with E-state index >= 15 is 0 Å². The highest BCUT2D eigenvalue weighted by Gasteiger charge is 2.19. The van der Waals surface area contributed by atoms with Crippen LogP contribution in [0.15, 0.2) is 54.6 Å². The van der Waals surface area contributed by atoms with Gasteiger partial charge in [0.05, 0.1) is 11.0 Å². The number of rotatable bonds is 5. The molecule has 0 spiro atoms. The van der Waals surface area contributed by atoms with E-state index in [2.05, 4.69) is 10.3 Å². The van der Waals surface area contributed by atoms with Gasteiger partial charge in [-0.1, -0.05) is 42.5 Å². The maximum absolute atomic E-state index is 12.3. The Hall–Kier alpha value is -2.82. The van der Waals surface area contributed by atoms with E-state index < -0.39 is 5.60 Å². The van der Waals surface area contributed by atoms with Crippen molar-refractivity contribution in [1.82, 2.24) is 9.55 Å². The Labute approximate surface area is 147 Å². The highest BCUT2D eigenvalue weighted by molar-refractivity contribution is 5.81. The van der Waals surface area contributed by atoms with Crippen LogP contribution in [-0.2, 0) is 22.6 Å². The molecule has 0 aliphatic rings. The lowest BCUT2D eigenvalue weighted by atomic mass is 10.2. The van der Waals surface area contributed by atoms with Crippen molar-refractivity contribution in [3.05, 3.63) is 60.2 Å². The third-order valence-electron chi connectivity index (χ3n) is 3.66. The molecule has 0 aliphatic heterocycles. The summed E-state index contributed by atoms with van der Waals surface area (Å²) in [5.41, 5.74) is 2.40. The van der Waals surface area contributed by atoms with E-state index in [1.807, 2.05) is 79.9 Å². The fourth-order valence-electron chi connectivity index (χ4n) is 2.65. The van der Waals surface area contributed by atoms with Crippen molar-refractivity contribution < 1.29 is 9.53 Å². The molecule has 0 amide bonds. The maximum Gasteiger partial charge on any atom is 0.326 e. The number of carbonyl (C=O) groups is 1. The zero-order valence-corrected chi connectivity index (χ0v) is 14.8. The van der Waals surface area contributed by atoms with Gasteiger partial charge in [-0.2, -0.15) is 0 Å². The van der Waals surface area contributed by atoms with Gasteiger partial charge in [-0.3, -0.25) is 9.36 Å². The lowest BCUT2D eigenvalue weighted by molar-refractivity contribution is -0.155. The van der Waals surface area contributed by atoms with E-state index in [-0.39, 0.29) is 12.5 Å². The average Bonchev–Trinajstić information content (AvgIpc) is 2.90. The summed E-state index contributed by atoms with van der Waals surface area (Å²) in [4.78, 5) is 16.9. The van der Waals surface area contributed by atoms with Crippen molar-refractivity contribution in [2.75, 3.05) is 5.32 Å². The zero-order valence-electron chi connectivity index (χ0n) is 14.8. The van der Waals surface area contributed by atoms with Crippen LogP contribution in [-0.4, -0.2) is 21.1 Å². The third-order valence-corrected chi connectivity index (χ3v) is 3.66. The van der Waals surface area contributed by atoms with E-state index in [0.717, 1.165) is 16.6 Å². The lowest BCUT2D eigenvalue weighted by Gasteiger charge is -2.20.